The highest BCUT2D eigenvalue weighted by molar-refractivity contribution is 5.94. The van der Waals surface area contributed by atoms with Gasteiger partial charge in [-0.15, -0.1) is 0 Å². The van der Waals surface area contributed by atoms with Crippen LogP contribution in [-0.2, 0) is 17.6 Å². The van der Waals surface area contributed by atoms with Crippen LogP contribution >= 0.6 is 0 Å². The summed E-state index contributed by atoms with van der Waals surface area (Å²) in [6.45, 7) is 1.85. The molecule has 0 heterocycles. The van der Waals surface area contributed by atoms with E-state index in [1.54, 1.807) is 11.9 Å². The third-order valence-electron chi connectivity index (χ3n) is 3.86. The van der Waals surface area contributed by atoms with Crippen LogP contribution in [0.15, 0.2) is 18.2 Å². The van der Waals surface area contributed by atoms with Gasteiger partial charge in [0.15, 0.2) is 0 Å². The average molecular weight is 247 g/mol. The van der Waals surface area contributed by atoms with Gasteiger partial charge >= 0.3 is 0 Å². The Labute approximate surface area is 108 Å². The van der Waals surface area contributed by atoms with Crippen LogP contribution in [0.2, 0.25) is 0 Å². The molecule has 98 valence electrons. The minimum atomic E-state index is -0.289. The molecule has 3 nitrogen and oxygen atoms in total. The van der Waals surface area contributed by atoms with Crippen molar-refractivity contribution < 1.29 is 9.90 Å². The summed E-state index contributed by atoms with van der Waals surface area (Å²) < 4.78 is 0. The number of benzene rings is 1. The standard InChI is InChI=1S/C15H21NO2/c1-3-11(10-17)15(18)16(2)14-8-7-12-5-4-6-13(12)9-14/h7-9,11,17H,3-6,10H2,1-2H3. The van der Waals surface area contributed by atoms with Gasteiger partial charge in [0.2, 0.25) is 5.91 Å². The molecule has 0 aromatic heterocycles. The van der Waals surface area contributed by atoms with Crippen molar-refractivity contribution in [3.63, 3.8) is 0 Å². The Balaban J connectivity index is 2.18. The van der Waals surface area contributed by atoms with Crippen molar-refractivity contribution in [2.24, 2.45) is 5.92 Å². The Morgan fingerprint density at radius 1 is 1.39 bits per heavy atom. The maximum Gasteiger partial charge on any atom is 0.232 e. The van der Waals surface area contributed by atoms with Crippen LogP contribution in [0.1, 0.15) is 30.9 Å². The van der Waals surface area contributed by atoms with Crippen LogP contribution in [0.5, 0.6) is 0 Å². The highest BCUT2D eigenvalue weighted by Crippen LogP contribution is 2.27. The number of nitrogens with zero attached hydrogens (tertiary/aromatic N) is 1. The van der Waals surface area contributed by atoms with Crippen molar-refractivity contribution in [1.82, 2.24) is 0 Å². The Hall–Kier alpha value is -1.35. The lowest BCUT2D eigenvalue weighted by Crippen LogP contribution is -2.34. The van der Waals surface area contributed by atoms with E-state index in [2.05, 4.69) is 12.1 Å². The minimum absolute atomic E-state index is 0.00190. The fraction of sp³-hybridized carbons (Fsp3) is 0.533. The van der Waals surface area contributed by atoms with Gasteiger partial charge in [-0.1, -0.05) is 13.0 Å². The number of carbonyl (C=O) groups is 1. The molecule has 1 aromatic carbocycles. The summed E-state index contributed by atoms with van der Waals surface area (Å²) in [5.74, 6) is -0.291. The molecular weight excluding hydrogens is 226 g/mol. The third kappa shape index (κ3) is 2.41. The number of carbonyl (C=O) groups excluding carboxylic acids is 1. The second-order valence-corrected chi connectivity index (χ2v) is 4.99. The zero-order valence-corrected chi connectivity index (χ0v) is 11.1. The van der Waals surface area contributed by atoms with E-state index in [0.717, 1.165) is 18.5 Å². The summed E-state index contributed by atoms with van der Waals surface area (Å²) in [5.41, 5.74) is 3.71. The van der Waals surface area contributed by atoms with Gasteiger partial charge < -0.3 is 10.0 Å². The van der Waals surface area contributed by atoms with Gasteiger partial charge in [0.05, 0.1) is 12.5 Å². The Bertz CT molecular complexity index is 438. The molecule has 0 fully saturated rings. The third-order valence-corrected chi connectivity index (χ3v) is 3.86. The molecule has 1 amide bonds. The van der Waals surface area contributed by atoms with Crippen LogP contribution in [0.25, 0.3) is 0 Å². The molecule has 1 aliphatic carbocycles. The number of aryl methyl sites for hydroxylation is 2. The molecule has 18 heavy (non-hydrogen) atoms. The smallest absolute Gasteiger partial charge is 0.232 e. The van der Waals surface area contributed by atoms with E-state index in [9.17, 15) is 9.90 Å². The van der Waals surface area contributed by atoms with E-state index in [-0.39, 0.29) is 18.4 Å². The summed E-state index contributed by atoms with van der Waals surface area (Å²) in [6.07, 6.45) is 4.15. The second kappa shape index (κ2) is 5.53. The SMILES string of the molecule is CCC(CO)C(=O)N(C)c1ccc2c(c1)CCC2. The van der Waals surface area contributed by atoms with E-state index in [4.69, 9.17) is 0 Å². The lowest BCUT2D eigenvalue weighted by atomic mass is 10.0. The Morgan fingerprint density at radius 3 is 2.78 bits per heavy atom. The molecule has 1 atom stereocenters. The predicted molar refractivity (Wildman–Crippen MR) is 72.7 cm³/mol. The number of anilines is 1. The first-order chi connectivity index (χ1) is 8.67. The van der Waals surface area contributed by atoms with Gasteiger partial charge in [0, 0.05) is 12.7 Å². The average Bonchev–Trinajstić information content (AvgIpc) is 2.86. The molecule has 0 saturated carbocycles. The Morgan fingerprint density at radius 2 is 2.11 bits per heavy atom. The van der Waals surface area contributed by atoms with Crippen LogP contribution in [-0.4, -0.2) is 24.7 Å². The molecule has 1 aliphatic rings. The monoisotopic (exact) mass is 247 g/mol. The number of rotatable bonds is 4. The summed E-state index contributed by atoms with van der Waals surface area (Å²) in [7, 11) is 1.79. The molecule has 0 spiro atoms. The van der Waals surface area contributed by atoms with Crippen molar-refractivity contribution in [2.45, 2.75) is 32.6 Å². The van der Waals surface area contributed by atoms with Crippen molar-refractivity contribution in [2.75, 3.05) is 18.6 Å². The summed E-state index contributed by atoms with van der Waals surface area (Å²) in [5, 5.41) is 9.20. The lowest BCUT2D eigenvalue weighted by Gasteiger charge is -2.22. The van der Waals surface area contributed by atoms with Gasteiger partial charge in [-0.2, -0.15) is 0 Å². The normalized spacial score (nSPS) is 15.3. The maximum atomic E-state index is 12.2. The van der Waals surface area contributed by atoms with Gasteiger partial charge in [-0.05, 0) is 48.9 Å². The van der Waals surface area contributed by atoms with Crippen molar-refractivity contribution >= 4 is 11.6 Å². The number of aliphatic hydroxyl groups excluding tert-OH is 1. The van der Waals surface area contributed by atoms with E-state index in [1.165, 1.54) is 17.5 Å². The van der Waals surface area contributed by atoms with Crippen molar-refractivity contribution in [3.8, 4) is 0 Å². The summed E-state index contributed by atoms with van der Waals surface area (Å²) >= 11 is 0. The predicted octanol–water partition coefficient (Wildman–Crippen LogP) is 2.16. The lowest BCUT2D eigenvalue weighted by molar-refractivity contribution is -0.123. The Kier molecular flexibility index (Phi) is 4.02. The number of hydrogen-bond acceptors (Lipinski definition) is 2. The van der Waals surface area contributed by atoms with Gasteiger partial charge in [0.1, 0.15) is 0 Å². The molecule has 0 saturated heterocycles. The van der Waals surface area contributed by atoms with E-state index >= 15 is 0 Å². The number of amides is 1. The molecule has 1 unspecified atom stereocenters. The zero-order chi connectivity index (χ0) is 13.1. The first-order valence-corrected chi connectivity index (χ1v) is 6.67. The van der Waals surface area contributed by atoms with Crippen LogP contribution in [0, 0.1) is 5.92 Å². The van der Waals surface area contributed by atoms with Crippen molar-refractivity contribution in [1.29, 1.82) is 0 Å². The van der Waals surface area contributed by atoms with E-state index in [0.29, 0.717) is 6.42 Å². The first kappa shape index (κ1) is 13.1. The fourth-order valence-corrected chi connectivity index (χ4v) is 2.55. The molecule has 1 aromatic rings. The van der Waals surface area contributed by atoms with E-state index < -0.39 is 0 Å². The van der Waals surface area contributed by atoms with Gasteiger partial charge in [0.25, 0.3) is 0 Å². The van der Waals surface area contributed by atoms with Crippen LogP contribution in [0.4, 0.5) is 5.69 Å². The molecular formula is C15H21NO2. The fourth-order valence-electron chi connectivity index (χ4n) is 2.55. The molecule has 0 radical (unpaired) electrons. The molecule has 2 rings (SSSR count). The van der Waals surface area contributed by atoms with Crippen LogP contribution in [0.3, 0.4) is 0 Å². The van der Waals surface area contributed by atoms with Crippen molar-refractivity contribution in [3.05, 3.63) is 29.3 Å². The van der Waals surface area contributed by atoms with Gasteiger partial charge in [-0.25, -0.2) is 0 Å². The second-order valence-electron chi connectivity index (χ2n) is 4.99. The highest BCUT2D eigenvalue weighted by Gasteiger charge is 2.21. The quantitative estimate of drug-likeness (QED) is 0.885. The minimum Gasteiger partial charge on any atom is -0.396 e. The van der Waals surface area contributed by atoms with Gasteiger partial charge in [-0.3, -0.25) is 4.79 Å². The van der Waals surface area contributed by atoms with E-state index in [1.807, 2.05) is 13.0 Å². The summed E-state index contributed by atoms with van der Waals surface area (Å²) in [4.78, 5) is 13.8. The summed E-state index contributed by atoms with van der Waals surface area (Å²) in [6, 6.07) is 6.25. The number of fused-ring (bicyclic) bond motifs is 1. The highest BCUT2D eigenvalue weighted by atomic mass is 16.3. The maximum absolute atomic E-state index is 12.2. The molecule has 1 N–H and O–H groups in total. The molecule has 0 aliphatic heterocycles. The zero-order valence-electron chi connectivity index (χ0n) is 11.1. The largest absolute Gasteiger partial charge is 0.396 e. The van der Waals surface area contributed by atoms with Crippen LogP contribution < -0.4 is 4.90 Å². The molecule has 0 bridgehead atoms. The number of aliphatic hydroxyl groups is 1. The first-order valence-electron chi connectivity index (χ1n) is 6.67. The molecule has 3 heteroatoms. The topological polar surface area (TPSA) is 40.5 Å². The number of hydrogen-bond donors (Lipinski definition) is 1.